The van der Waals surface area contributed by atoms with E-state index in [4.69, 9.17) is 35.4 Å². The predicted molar refractivity (Wildman–Crippen MR) is 97.6 cm³/mol. The number of sulfonamides is 1. The van der Waals surface area contributed by atoms with Crippen molar-refractivity contribution in [2.75, 3.05) is 32.7 Å². The normalized spacial score (nSPS) is 16.2. The van der Waals surface area contributed by atoms with E-state index in [1.807, 2.05) is 4.90 Å². The Balaban J connectivity index is 2.10. The molecule has 1 N–H and O–H groups in total. The molecule has 1 aromatic rings. The van der Waals surface area contributed by atoms with Gasteiger partial charge in [-0.05, 0) is 24.4 Å². The van der Waals surface area contributed by atoms with Crippen LogP contribution in [0.4, 0.5) is 0 Å². The molecular weight excluding hydrogens is 377 g/mol. The van der Waals surface area contributed by atoms with Gasteiger partial charge in [0.15, 0.2) is 5.11 Å². The third kappa shape index (κ3) is 4.16. The molecule has 0 bridgehead atoms. The monoisotopic (exact) mass is 393 g/mol. The Labute approximate surface area is 151 Å². The summed E-state index contributed by atoms with van der Waals surface area (Å²) < 4.78 is 26.9. The maximum atomic E-state index is 12.8. The van der Waals surface area contributed by atoms with Crippen LogP contribution in [0, 0.1) is 0 Å². The summed E-state index contributed by atoms with van der Waals surface area (Å²) in [6.07, 6.45) is 1.71. The van der Waals surface area contributed by atoms with E-state index in [2.05, 4.69) is 11.9 Å². The van der Waals surface area contributed by atoms with Crippen LogP contribution < -0.4 is 5.32 Å². The third-order valence-corrected chi connectivity index (χ3v) is 6.70. The lowest BCUT2D eigenvalue weighted by molar-refractivity contribution is 0.264. The molecule has 5 nitrogen and oxygen atoms in total. The van der Waals surface area contributed by atoms with Gasteiger partial charge >= 0.3 is 0 Å². The molecule has 1 fully saturated rings. The summed E-state index contributed by atoms with van der Waals surface area (Å²) in [5, 5.41) is 3.89. The molecule has 0 spiro atoms. The topological polar surface area (TPSA) is 52.6 Å². The van der Waals surface area contributed by atoms with Gasteiger partial charge in [0.25, 0.3) is 0 Å². The lowest BCUT2D eigenvalue weighted by Crippen LogP contribution is -2.53. The van der Waals surface area contributed by atoms with E-state index in [1.54, 1.807) is 12.1 Å². The first-order chi connectivity index (χ1) is 10.9. The summed E-state index contributed by atoms with van der Waals surface area (Å²) in [6, 6.07) is 4.65. The first-order valence-corrected chi connectivity index (χ1v) is 9.56. The second-order valence-corrected chi connectivity index (χ2v) is 7.99. The van der Waals surface area contributed by atoms with Crippen LogP contribution in [0.3, 0.4) is 0 Å². The van der Waals surface area contributed by atoms with Crippen LogP contribution in [0.15, 0.2) is 35.7 Å². The number of benzene rings is 1. The lowest BCUT2D eigenvalue weighted by atomic mass is 10.4. The van der Waals surface area contributed by atoms with Gasteiger partial charge in [-0.2, -0.15) is 4.31 Å². The smallest absolute Gasteiger partial charge is 0.246 e. The molecule has 1 aliphatic rings. The van der Waals surface area contributed by atoms with Gasteiger partial charge in [-0.25, -0.2) is 8.42 Å². The molecule has 0 aliphatic carbocycles. The van der Waals surface area contributed by atoms with E-state index in [0.29, 0.717) is 37.8 Å². The van der Waals surface area contributed by atoms with Gasteiger partial charge in [0.05, 0.1) is 10.0 Å². The van der Waals surface area contributed by atoms with Crippen LogP contribution in [0.25, 0.3) is 0 Å². The third-order valence-electron chi connectivity index (χ3n) is 3.44. The Morgan fingerprint density at radius 2 is 1.83 bits per heavy atom. The second-order valence-electron chi connectivity index (χ2n) is 4.92. The molecule has 0 unspecified atom stereocenters. The molecule has 0 saturated carbocycles. The van der Waals surface area contributed by atoms with Crippen LogP contribution in [-0.4, -0.2) is 55.5 Å². The van der Waals surface area contributed by atoms with Crippen LogP contribution in [0.1, 0.15) is 0 Å². The zero-order valence-electron chi connectivity index (χ0n) is 12.3. The van der Waals surface area contributed by atoms with Crippen molar-refractivity contribution < 1.29 is 8.42 Å². The van der Waals surface area contributed by atoms with E-state index in [1.165, 1.54) is 16.4 Å². The maximum absolute atomic E-state index is 12.8. The molecule has 23 heavy (non-hydrogen) atoms. The van der Waals surface area contributed by atoms with Gasteiger partial charge < -0.3 is 10.2 Å². The fraction of sp³-hybridized carbons (Fsp3) is 0.357. The van der Waals surface area contributed by atoms with Crippen molar-refractivity contribution in [3.05, 3.63) is 40.9 Å². The molecule has 9 heteroatoms. The summed E-state index contributed by atoms with van der Waals surface area (Å²) in [4.78, 5) is 1.89. The summed E-state index contributed by atoms with van der Waals surface area (Å²) in [6.45, 7) is 5.84. The Bertz CT molecular complexity index is 682. The molecule has 1 saturated heterocycles. The lowest BCUT2D eigenvalue weighted by Gasteiger charge is -2.35. The molecule has 126 valence electrons. The van der Waals surface area contributed by atoms with E-state index >= 15 is 0 Å². The molecule has 0 radical (unpaired) electrons. The van der Waals surface area contributed by atoms with E-state index < -0.39 is 10.0 Å². The number of nitrogens with zero attached hydrogens (tertiary/aromatic N) is 2. The number of rotatable bonds is 4. The number of hydrogen-bond donors (Lipinski definition) is 1. The first-order valence-electron chi connectivity index (χ1n) is 6.95. The maximum Gasteiger partial charge on any atom is 0.246 e. The zero-order chi connectivity index (χ0) is 17.0. The molecule has 1 aromatic carbocycles. The van der Waals surface area contributed by atoms with Crippen molar-refractivity contribution in [2.45, 2.75) is 4.90 Å². The molecule has 0 atom stereocenters. The molecule has 0 amide bonds. The van der Waals surface area contributed by atoms with E-state index in [9.17, 15) is 8.42 Å². The minimum Gasteiger partial charge on any atom is -0.359 e. The first kappa shape index (κ1) is 18.5. The van der Waals surface area contributed by atoms with Crippen molar-refractivity contribution in [1.29, 1.82) is 0 Å². The molecule has 1 heterocycles. The highest BCUT2D eigenvalue weighted by Crippen LogP contribution is 2.31. The number of thiocarbonyl (C=S) groups is 1. The number of nitrogens with one attached hydrogen (secondary N) is 1. The van der Waals surface area contributed by atoms with E-state index in [-0.39, 0.29) is 14.9 Å². The SMILES string of the molecule is C=CCNC(=S)N1CCN(S(=O)(=O)c2c(Cl)cccc2Cl)CC1. The highest BCUT2D eigenvalue weighted by atomic mass is 35.5. The number of piperazine rings is 1. The summed E-state index contributed by atoms with van der Waals surface area (Å²) in [7, 11) is -3.73. The average Bonchev–Trinajstić information content (AvgIpc) is 2.52. The van der Waals surface area contributed by atoms with Crippen LogP contribution >= 0.6 is 35.4 Å². The number of hydrogen-bond acceptors (Lipinski definition) is 3. The standard InChI is InChI=1S/C14H17Cl2N3O2S2/c1-2-6-17-14(22)18-7-9-19(10-8-18)23(20,21)13-11(15)4-3-5-12(13)16/h2-5H,1,6-10H2,(H,17,22). The highest BCUT2D eigenvalue weighted by Gasteiger charge is 2.32. The van der Waals surface area contributed by atoms with Crippen molar-refractivity contribution >= 4 is 50.6 Å². The second kappa shape index (κ2) is 7.81. The fourth-order valence-corrected chi connectivity index (χ4v) is 5.04. The summed E-state index contributed by atoms with van der Waals surface area (Å²) in [5.74, 6) is 0. The van der Waals surface area contributed by atoms with Crippen LogP contribution in [-0.2, 0) is 10.0 Å². The van der Waals surface area contributed by atoms with Crippen LogP contribution in [0.2, 0.25) is 10.0 Å². The highest BCUT2D eigenvalue weighted by molar-refractivity contribution is 7.89. The minimum atomic E-state index is -3.73. The van der Waals surface area contributed by atoms with Crippen molar-refractivity contribution in [1.82, 2.24) is 14.5 Å². The van der Waals surface area contributed by atoms with Gasteiger partial charge in [0, 0.05) is 32.7 Å². The quantitative estimate of drug-likeness (QED) is 0.628. The number of halogens is 2. The van der Waals surface area contributed by atoms with Crippen molar-refractivity contribution in [3.8, 4) is 0 Å². The average molecular weight is 394 g/mol. The molecular formula is C14H17Cl2N3O2S2. The Morgan fingerprint density at radius 1 is 1.26 bits per heavy atom. The Morgan fingerprint density at radius 3 is 2.35 bits per heavy atom. The molecule has 1 aliphatic heterocycles. The van der Waals surface area contributed by atoms with Gasteiger partial charge in [-0.3, -0.25) is 0 Å². The fourth-order valence-electron chi connectivity index (χ4n) is 2.26. The van der Waals surface area contributed by atoms with Gasteiger partial charge in [-0.15, -0.1) is 6.58 Å². The Hall–Kier alpha value is -0.860. The molecule has 2 rings (SSSR count). The Kier molecular flexibility index (Phi) is 6.27. The van der Waals surface area contributed by atoms with Crippen molar-refractivity contribution in [2.24, 2.45) is 0 Å². The van der Waals surface area contributed by atoms with Gasteiger partial charge in [-0.1, -0.05) is 35.3 Å². The zero-order valence-corrected chi connectivity index (χ0v) is 15.5. The van der Waals surface area contributed by atoms with Gasteiger partial charge in [0.2, 0.25) is 10.0 Å². The van der Waals surface area contributed by atoms with E-state index in [0.717, 1.165) is 0 Å². The molecule has 0 aromatic heterocycles. The largest absolute Gasteiger partial charge is 0.359 e. The van der Waals surface area contributed by atoms with Crippen molar-refractivity contribution in [3.63, 3.8) is 0 Å². The predicted octanol–water partition coefficient (Wildman–Crippen LogP) is 2.36. The van der Waals surface area contributed by atoms with Crippen LogP contribution in [0.5, 0.6) is 0 Å². The summed E-state index contributed by atoms with van der Waals surface area (Å²) >= 11 is 17.3. The van der Waals surface area contributed by atoms with Gasteiger partial charge in [0.1, 0.15) is 4.90 Å². The summed E-state index contributed by atoms with van der Waals surface area (Å²) in [5.41, 5.74) is 0. The minimum absolute atomic E-state index is 0.0378.